The van der Waals surface area contributed by atoms with E-state index in [0.717, 1.165) is 5.69 Å². The number of fused-ring (bicyclic) bond motifs is 7. The van der Waals surface area contributed by atoms with Crippen LogP contribution in [0.4, 0.5) is 17.1 Å². The third-order valence-electron chi connectivity index (χ3n) is 21.2. The molecule has 0 amide bonds. The smallest absolute Gasteiger partial charge is 0.184 e. The molecule has 2 aliphatic heterocycles. The van der Waals surface area contributed by atoms with Gasteiger partial charge >= 0.3 is 0 Å². The second-order valence-electron chi connectivity index (χ2n) is 25.7. The van der Waals surface area contributed by atoms with Crippen LogP contribution in [0, 0.1) is 0 Å². The molecule has 15 aromatic carbocycles. The number of rotatable bonds is 13. The molecule has 0 bridgehead atoms. The van der Waals surface area contributed by atoms with Gasteiger partial charge in [0.2, 0.25) is 0 Å². The van der Waals surface area contributed by atoms with Crippen LogP contribution < -0.4 is 87.9 Å². The maximum absolute atomic E-state index is 3.20. The third-order valence-corrected chi connectivity index (χ3v) is 40.4. The topological polar surface area (TPSA) is 8.17 Å². The van der Waals surface area contributed by atoms with Gasteiger partial charge in [0, 0.05) is 33.5 Å². The van der Waals surface area contributed by atoms with Gasteiger partial charge in [-0.3, -0.25) is 0 Å². The van der Waals surface area contributed by atoms with Gasteiger partial charge in [0.25, 0.3) is 0 Å². The minimum absolute atomic E-state index is 1.12. The van der Waals surface area contributed by atoms with Crippen molar-refractivity contribution in [2.24, 2.45) is 0 Å². The minimum atomic E-state index is -3.20. The molecule has 0 saturated heterocycles. The summed E-state index contributed by atoms with van der Waals surface area (Å²) in [5.74, 6) is 0. The summed E-state index contributed by atoms with van der Waals surface area (Å²) in [5, 5.41) is 24.3. The fourth-order valence-corrected chi connectivity index (χ4v) is 37.3. The van der Waals surface area contributed by atoms with Crippen molar-refractivity contribution in [1.82, 2.24) is 4.57 Å². The Kier molecular flexibility index (Phi) is 14.0. The van der Waals surface area contributed by atoms with Gasteiger partial charge in [0.1, 0.15) is 0 Å². The Morgan fingerprint density at radius 1 is 0.208 bits per heavy atom. The Bertz CT molecular complexity index is 5040. The van der Waals surface area contributed by atoms with Gasteiger partial charge in [-0.2, -0.15) is 0 Å². The van der Waals surface area contributed by atoms with E-state index in [9.17, 15) is 0 Å². The van der Waals surface area contributed by atoms with E-state index in [1.807, 2.05) is 0 Å². The SMILES string of the molecule is c1ccc([Si](c2ccccc2)(c2ccccc2)c2ccc3c(c2)c2cc([Si](c4ccccc4)(c4ccccc4)c4ccccc4)ccc2n3-c2ccc3c(c2)N2c4ccccc4[Si](c4ccccc4)(c4ccccc4)c4cccc(c42)[Si]3(c2ccccc2)c2ccccc2)cc1. The van der Waals surface area contributed by atoms with Crippen LogP contribution in [0.1, 0.15) is 0 Å². The fraction of sp³-hybridized carbons (Fsp3) is 0. The molecular weight excluding hydrogens is 1220 g/mol. The highest BCUT2D eigenvalue weighted by molar-refractivity contribution is 7.25. The molecule has 452 valence electrons. The Labute approximate surface area is 565 Å². The van der Waals surface area contributed by atoms with Gasteiger partial charge in [-0.15, -0.1) is 0 Å². The summed E-state index contributed by atoms with van der Waals surface area (Å²) < 4.78 is 2.62. The van der Waals surface area contributed by atoms with Gasteiger partial charge in [0.15, 0.2) is 32.3 Å². The zero-order chi connectivity index (χ0) is 63.7. The molecule has 18 rings (SSSR count). The molecule has 2 aliphatic rings. The predicted octanol–water partition coefficient (Wildman–Crippen LogP) is 10.4. The number of benzene rings is 15. The molecule has 0 spiro atoms. The van der Waals surface area contributed by atoms with Crippen molar-refractivity contribution in [3.8, 4) is 5.69 Å². The van der Waals surface area contributed by atoms with Crippen molar-refractivity contribution >= 4 is 154 Å². The summed E-state index contributed by atoms with van der Waals surface area (Å²) in [5.41, 5.74) is 7.23. The molecule has 0 atom stereocenters. The first-order valence-corrected chi connectivity index (χ1v) is 41.5. The molecular formula is C90H66N2Si4. The van der Waals surface area contributed by atoms with E-state index in [4.69, 9.17) is 0 Å². The average Bonchev–Trinajstić information content (AvgIpc) is 0.702. The van der Waals surface area contributed by atoms with Crippen molar-refractivity contribution in [2.45, 2.75) is 0 Å². The third kappa shape index (κ3) is 8.39. The molecule has 0 unspecified atom stereocenters. The van der Waals surface area contributed by atoms with Gasteiger partial charge < -0.3 is 9.47 Å². The van der Waals surface area contributed by atoms with Crippen molar-refractivity contribution in [3.63, 3.8) is 0 Å². The van der Waals surface area contributed by atoms with Crippen LogP contribution >= 0.6 is 0 Å². The standard InChI is InChI=1S/C90H66N2Si4/c1-11-34-68(35-12-1)93(69-36-13-2-14-37-69,70-38-15-3-16-39-70)78-59-61-82-80(65-78)81-66-79(94(71-40-17-4-18-41-71,72-42-19-5-20-43-72)73-44-21-6-22-45-73)60-62-83(81)91(82)67-58-63-87-85(64-67)92-84-54-31-32-55-86(84)95(74-46-23-7-24-47-74,75-48-25-8-26-49-75)88-56-33-57-89(90(88)92)96(87,76-50-27-9-28-51-76)77-52-29-10-30-53-77/h1-66H. The van der Waals surface area contributed by atoms with Crippen LogP contribution in [0.2, 0.25) is 0 Å². The second kappa shape index (κ2) is 23.3. The second-order valence-corrected chi connectivity index (χ2v) is 40.8. The molecule has 96 heavy (non-hydrogen) atoms. The Morgan fingerprint density at radius 2 is 0.500 bits per heavy atom. The zero-order valence-corrected chi connectivity index (χ0v) is 57.0. The lowest BCUT2D eigenvalue weighted by Crippen LogP contribution is -2.82. The normalized spacial score (nSPS) is 13.6. The van der Waals surface area contributed by atoms with E-state index in [0.29, 0.717) is 0 Å². The van der Waals surface area contributed by atoms with Crippen LogP contribution in [0.15, 0.2) is 400 Å². The number of nitrogens with zero attached hydrogens (tertiary/aromatic N) is 2. The van der Waals surface area contributed by atoms with Crippen LogP contribution in [-0.2, 0) is 0 Å². The summed E-state index contributed by atoms with van der Waals surface area (Å²) in [6.45, 7) is 0. The number of hydrogen-bond acceptors (Lipinski definition) is 1. The van der Waals surface area contributed by atoms with Gasteiger partial charge in [-0.05, 0) is 113 Å². The van der Waals surface area contributed by atoms with E-state index in [1.54, 1.807) is 0 Å². The number of hydrogen-bond donors (Lipinski definition) is 0. The van der Waals surface area contributed by atoms with E-state index >= 15 is 0 Å². The number of aromatic nitrogens is 1. The summed E-state index contributed by atoms with van der Waals surface area (Å²) in [6.07, 6.45) is 0. The molecule has 3 heterocycles. The van der Waals surface area contributed by atoms with Crippen molar-refractivity contribution in [1.29, 1.82) is 0 Å². The first-order chi connectivity index (χ1) is 47.6. The Morgan fingerprint density at radius 3 is 0.844 bits per heavy atom. The first-order valence-electron chi connectivity index (χ1n) is 33.5. The van der Waals surface area contributed by atoms with Crippen LogP contribution in [0.25, 0.3) is 27.5 Å². The largest absolute Gasteiger partial charge is 0.311 e. The van der Waals surface area contributed by atoms with E-state index in [2.05, 4.69) is 410 Å². The maximum atomic E-state index is 2.72. The monoisotopic (exact) mass is 1290 g/mol. The summed E-state index contributed by atoms with van der Waals surface area (Å²) in [6, 6.07) is 154. The fourth-order valence-electron chi connectivity index (χ4n) is 17.4. The molecule has 0 saturated carbocycles. The average molecular weight is 1290 g/mol. The lowest BCUT2D eigenvalue weighted by molar-refractivity contribution is 1.17. The van der Waals surface area contributed by atoms with E-state index in [1.165, 1.54) is 122 Å². The first kappa shape index (κ1) is 57.4. The molecule has 16 aromatic rings. The number of anilines is 3. The zero-order valence-electron chi connectivity index (χ0n) is 53.0. The Balaban J connectivity index is 0.977. The highest BCUT2D eigenvalue weighted by Crippen LogP contribution is 2.43. The molecule has 0 fully saturated rings. The van der Waals surface area contributed by atoms with Gasteiger partial charge in [-0.25, -0.2) is 0 Å². The Hall–Kier alpha value is -11.2. The van der Waals surface area contributed by atoms with Gasteiger partial charge in [-0.1, -0.05) is 370 Å². The van der Waals surface area contributed by atoms with E-state index < -0.39 is 32.3 Å². The van der Waals surface area contributed by atoms with Crippen molar-refractivity contribution in [3.05, 3.63) is 400 Å². The van der Waals surface area contributed by atoms with Crippen LogP contribution in [0.5, 0.6) is 0 Å². The quantitative estimate of drug-likeness (QED) is 0.0825. The summed E-state index contributed by atoms with van der Waals surface area (Å²) >= 11 is 0. The molecule has 6 heteroatoms. The highest BCUT2D eigenvalue weighted by Gasteiger charge is 2.56. The summed E-state index contributed by atoms with van der Waals surface area (Å²) in [4.78, 5) is 2.72. The molecule has 0 radical (unpaired) electrons. The highest BCUT2D eigenvalue weighted by atomic mass is 28.3. The molecule has 0 aliphatic carbocycles. The minimum Gasteiger partial charge on any atom is -0.311 e. The maximum Gasteiger partial charge on any atom is 0.184 e. The summed E-state index contributed by atoms with van der Waals surface area (Å²) in [7, 11) is -12.3. The van der Waals surface area contributed by atoms with Crippen LogP contribution in [-0.4, -0.2) is 36.9 Å². The van der Waals surface area contributed by atoms with Crippen molar-refractivity contribution < 1.29 is 0 Å². The molecule has 1 aromatic heterocycles. The molecule has 2 nitrogen and oxygen atoms in total. The van der Waals surface area contributed by atoms with E-state index in [-0.39, 0.29) is 0 Å². The van der Waals surface area contributed by atoms with Gasteiger partial charge in [0.05, 0.1) is 11.0 Å². The molecule has 0 N–H and O–H groups in total. The lowest BCUT2D eigenvalue weighted by Gasteiger charge is -2.52. The predicted molar refractivity (Wildman–Crippen MR) is 417 cm³/mol. The lowest BCUT2D eigenvalue weighted by atomic mass is 10.1. The number of para-hydroxylation sites is 2. The van der Waals surface area contributed by atoms with Crippen LogP contribution in [0.3, 0.4) is 0 Å². The van der Waals surface area contributed by atoms with Crippen molar-refractivity contribution in [2.75, 3.05) is 4.90 Å².